The Kier molecular flexibility index (Phi) is 13.8. The van der Waals surface area contributed by atoms with Crippen LogP contribution in [0.1, 0.15) is 24.2 Å². The molecule has 0 aliphatic heterocycles. The van der Waals surface area contributed by atoms with E-state index < -0.39 is 0 Å². The zero-order valence-corrected chi connectivity index (χ0v) is 11.8. The molecule has 0 unspecified atom stereocenters. The second-order valence-corrected chi connectivity index (χ2v) is 3.90. The second kappa shape index (κ2) is 12.1. The van der Waals surface area contributed by atoms with Gasteiger partial charge in [-0.05, 0) is 37.4 Å². The molecule has 4 nitrogen and oxygen atoms in total. The summed E-state index contributed by atoms with van der Waals surface area (Å²) in [5, 5.41) is 2.90. The van der Waals surface area contributed by atoms with Crippen molar-refractivity contribution in [2.45, 2.75) is 13.8 Å². The standard InChI is InChI=1S/C13H21N3O.ClH.K.H/c1-3-16(4-2)10-9-15-13(17)11-5-7-12(14)8-6-11;;;/h5-8H,3-4,9-10,14H2,1-2H3,(H,15,17);1H;;. The van der Waals surface area contributed by atoms with Crippen LogP contribution in [0.5, 0.6) is 0 Å². The molecule has 0 saturated heterocycles. The molecule has 0 fully saturated rings. The number of nitrogens with zero attached hydrogens (tertiary/aromatic N) is 1. The average Bonchev–Trinajstić information content (AvgIpc) is 2.35. The van der Waals surface area contributed by atoms with Crippen molar-refractivity contribution >= 4 is 75.4 Å². The van der Waals surface area contributed by atoms with Crippen molar-refractivity contribution in [2.24, 2.45) is 0 Å². The third kappa shape index (κ3) is 8.29. The summed E-state index contributed by atoms with van der Waals surface area (Å²) in [6.07, 6.45) is 0. The molecule has 6 heteroatoms. The van der Waals surface area contributed by atoms with Gasteiger partial charge in [0.2, 0.25) is 0 Å². The number of nitrogen functional groups attached to an aromatic ring is 1. The van der Waals surface area contributed by atoms with E-state index in [9.17, 15) is 4.79 Å². The van der Waals surface area contributed by atoms with Crippen molar-refractivity contribution in [1.29, 1.82) is 0 Å². The molecular weight excluding hydrogens is 289 g/mol. The van der Waals surface area contributed by atoms with Crippen LogP contribution >= 0.6 is 12.4 Å². The van der Waals surface area contributed by atoms with Gasteiger partial charge in [-0.2, -0.15) is 0 Å². The molecule has 0 aromatic heterocycles. The first kappa shape index (κ1) is 21.7. The Morgan fingerprint density at radius 2 is 1.74 bits per heavy atom. The third-order valence-electron chi connectivity index (χ3n) is 2.78. The first-order chi connectivity index (χ1) is 8.17. The first-order valence-electron chi connectivity index (χ1n) is 6.03. The van der Waals surface area contributed by atoms with Gasteiger partial charge >= 0.3 is 51.4 Å². The molecule has 0 aliphatic rings. The van der Waals surface area contributed by atoms with Crippen molar-refractivity contribution < 1.29 is 4.79 Å². The van der Waals surface area contributed by atoms with Crippen LogP contribution in [0.2, 0.25) is 0 Å². The molecule has 104 valence electrons. The Morgan fingerprint density at radius 3 is 2.21 bits per heavy atom. The fourth-order valence-electron chi connectivity index (χ4n) is 1.60. The zero-order valence-electron chi connectivity index (χ0n) is 11.0. The molecule has 0 radical (unpaired) electrons. The number of nitrogens with one attached hydrogen (secondary N) is 1. The van der Waals surface area contributed by atoms with Gasteiger partial charge in [0, 0.05) is 24.3 Å². The van der Waals surface area contributed by atoms with Crippen LogP contribution in [0.4, 0.5) is 5.69 Å². The molecule has 0 aliphatic carbocycles. The first-order valence-corrected chi connectivity index (χ1v) is 6.03. The summed E-state index contributed by atoms with van der Waals surface area (Å²) in [5.74, 6) is -0.0443. The predicted molar refractivity (Wildman–Crippen MR) is 85.4 cm³/mol. The monoisotopic (exact) mass is 311 g/mol. The van der Waals surface area contributed by atoms with Gasteiger partial charge in [-0.3, -0.25) is 4.79 Å². The average molecular weight is 312 g/mol. The fourth-order valence-corrected chi connectivity index (χ4v) is 1.60. The number of carbonyl (C=O) groups excluding carboxylic acids is 1. The van der Waals surface area contributed by atoms with E-state index in [4.69, 9.17) is 5.73 Å². The van der Waals surface area contributed by atoms with Gasteiger partial charge in [-0.15, -0.1) is 12.4 Å². The third-order valence-corrected chi connectivity index (χ3v) is 2.78. The zero-order chi connectivity index (χ0) is 12.7. The van der Waals surface area contributed by atoms with E-state index in [1.807, 2.05) is 0 Å². The molecule has 0 atom stereocenters. The molecule has 0 heterocycles. The molecule has 0 spiro atoms. The molecule has 3 N–H and O–H groups in total. The SMILES string of the molecule is CCN(CC)CCNC(=O)c1ccc(N)cc1.Cl.[KH]. The fraction of sp³-hybridized carbons (Fsp3) is 0.462. The van der Waals surface area contributed by atoms with E-state index in [-0.39, 0.29) is 69.7 Å². The molecule has 19 heavy (non-hydrogen) atoms. The summed E-state index contributed by atoms with van der Waals surface area (Å²) in [4.78, 5) is 14.0. The number of anilines is 1. The number of hydrogen-bond acceptors (Lipinski definition) is 3. The molecule has 1 amide bonds. The quantitative estimate of drug-likeness (QED) is 0.611. The van der Waals surface area contributed by atoms with Gasteiger partial charge in [0.1, 0.15) is 0 Å². The van der Waals surface area contributed by atoms with Gasteiger partial charge in [0.05, 0.1) is 0 Å². The van der Waals surface area contributed by atoms with Crippen molar-refractivity contribution in [2.75, 3.05) is 31.9 Å². The normalized spacial score (nSPS) is 9.42. The maximum atomic E-state index is 11.7. The number of benzene rings is 1. The molecular formula is C13H23ClKN3O. The Morgan fingerprint density at radius 1 is 1.21 bits per heavy atom. The summed E-state index contributed by atoms with van der Waals surface area (Å²) in [7, 11) is 0. The van der Waals surface area contributed by atoms with E-state index in [0.717, 1.165) is 19.6 Å². The van der Waals surface area contributed by atoms with Crippen LogP contribution in [0, 0.1) is 0 Å². The van der Waals surface area contributed by atoms with Gasteiger partial charge < -0.3 is 16.0 Å². The van der Waals surface area contributed by atoms with Crippen LogP contribution in [0.3, 0.4) is 0 Å². The summed E-state index contributed by atoms with van der Waals surface area (Å²) < 4.78 is 0. The van der Waals surface area contributed by atoms with Crippen molar-refractivity contribution in [3.63, 3.8) is 0 Å². The molecule has 1 aromatic rings. The number of halogens is 1. The predicted octanol–water partition coefficient (Wildman–Crippen LogP) is 1.11. The number of likely N-dealkylation sites (N-methyl/N-ethyl adjacent to an activating group) is 1. The Bertz CT molecular complexity index is 355. The Labute approximate surface area is 164 Å². The van der Waals surface area contributed by atoms with Crippen molar-refractivity contribution in [3.8, 4) is 0 Å². The molecule has 0 saturated carbocycles. The molecule has 1 aromatic carbocycles. The molecule has 0 bridgehead atoms. The van der Waals surface area contributed by atoms with Crippen LogP contribution < -0.4 is 11.1 Å². The summed E-state index contributed by atoms with van der Waals surface area (Å²) in [6, 6.07) is 6.95. The summed E-state index contributed by atoms with van der Waals surface area (Å²) >= 11 is 0. The summed E-state index contributed by atoms with van der Waals surface area (Å²) in [5.41, 5.74) is 6.89. The minimum atomic E-state index is -0.0443. The van der Waals surface area contributed by atoms with Crippen LogP contribution in [-0.4, -0.2) is 88.4 Å². The van der Waals surface area contributed by atoms with Gasteiger partial charge in [0.25, 0.3) is 5.91 Å². The topological polar surface area (TPSA) is 58.4 Å². The Balaban J connectivity index is 0. The van der Waals surface area contributed by atoms with Gasteiger partial charge in [0.15, 0.2) is 0 Å². The van der Waals surface area contributed by atoms with Crippen LogP contribution in [0.25, 0.3) is 0 Å². The maximum absolute atomic E-state index is 11.7. The van der Waals surface area contributed by atoms with E-state index >= 15 is 0 Å². The van der Waals surface area contributed by atoms with Crippen LogP contribution in [-0.2, 0) is 0 Å². The number of carbonyl (C=O) groups is 1. The van der Waals surface area contributed by atoms with E-state index in [0.29, 0.717) is 17.8 Å². The van der Waals surface area contributed by atoms with Gasteiger partial charge in [-0.25, -0.2) is 0 Å². The van der Waals surface area contributed by atoms with E-state index in [1.54, 1.807) is 24.3 Å². The summed E-state index contributed by atoms with van der Waals surface area (Å²) in [6.45, 7) is 7.80. The number of hydrogen-bond donors (Lipinski definition) is 2. The van der Waals surface area contributed by atoms with Gasteiger partial charge in [-0.1, -0.05) is 13.8 Å². The van der Waals surface area contributed by atoms with Crippen molar-refractivity contribution in [3.05, 3.63) is 29.8 Å². The van der Waals surface area contributed by atoms with E-state index in [1.165, 1.54) is 0 Å². The van der Waals surface area contributed by atoms with Crippen LogP contribution in [0.15, 0.2) is 24.3 Å². The minimum absolute atomic E-state index is 0. The van der Waals surface area contributed by atoms with Crippen molar-refractivity contribution in [1.82, 2.24) is 10.2 Å². The Hall–Kier alpha value is 0.376. The molecule has 1 rings (SSSR count). The number of amides is 1. The number of rotatable bonds is 6. The second-order valence-electron chi connectivity index (χ2n) is 3.90. The van der Waals surface area contributed by atoms with E-state index in [2.05, 4.69) is 24.1 Å². The number of nitrogens with two attached hydrogens (primary N) is 1.